The number of carbonyl (C=O) groups is 1. The summed E-state index contributed by atoms with van der Waals surface area (Å²) in [6, 6.07) is 2.35. The molecule has 1 aromatic heterocycles. The molecule has 2 aliphatic rings. The Labute approximate surface area is 100.0 Å². The number of urea groups is 1. The number of aromatic nitrogens is 2. The molecule has 0 aliphatic carbocycles. The summed E-state index contributed by atoms with van der Waals surface area (Å²) in [4.78, 5) is 16.0. The summed E-state index contributed by atoms with van der Waals surface area (Å²) in [5.74, 6) is 0.737. The lowest BCUT2D eigenvalue weighted by Gasteiger charge is -2.22. The van der Waals surface area contributed by atoms with E-state index in [0.29, 0.717) is 6.04 Å². The van der Waals surface area contributed by atoms with Crippen molar-refractivity contribution in [3.63, 3.8) is 0 Å². The van der Waals surface area contributed by atoms with Gasteiger partial charge in [0.2, 0.25) is 0 Å². The minimum atomic E-state index is 0.0881. The number of aryl methyl sites for hydroxylation is 1. The predicted octanol–water partition coefficient (Wildman–Crippen LogP) is 0.322. The minimum absolute atomic E-state index is 0.0881. The van der Waals surface area contributed by atoms with E-state index in [1.165, 1.54) is 0 Å². The van der Waals surface area contributed by atoms with E-state index >= 15 is 0 Å². The number of carbonyl (C=O) groups excluding carboxylic acids is 1. The van der Waals surface area contributed by atoms with Crippen LogP contribution in [0.15, 0.2) is 6.07 Å². The Bertz CT molecular complexity index is 423. The van der Waals surface area contributed by atoms with Gasteiger partial charge in [-0.2, -0.15) is 5.10 Å². The Morgan fingerprint density at radius 2 is 2.35 bits per heavy atom. The number of H-pyrrole nitrogens is 1. The van der Waals surface area contributed by atoms with Gasteiger partial charge in [0, 0.05) is 37.4 Å². The van der Waals surface area contributed by atoms with Crippen LogP contribution >= 0.6 is 0 Å². The van der Waals surface area contributed by atoms with Gasteiger partial charge < -0.3 is 10.2 Å². The fraction of sp³-hybridized carbons (Fsp3) is 0.636. The number of aromatic amines is 1. The molecule has 1 aromatic rings. The molecule has 92 valence electrons. The summed E-state index contributed by atoms with van der Waals surface area (Å²) in [6.45, 7) is 5.40. The second-order valence-corrected chi connectivity index (χ2v) is 4.68. The Morgan fingerprint density at radius 1 is 1.47 bits per heavy atom. The van der Waals surface area contributed by atoms with E-state index in [0.717, 1.165) is 44.1 Å². The molecular formula is C11H17N5O. The highest BCUT2D eigenvalue weighted by atomic mass is 16.2. The average molecular weight is 235 g/mol. The van der Waals surface area contributed by atoms with Gasteiger partial charge in [-0.1, -0.05) is 0 Å². The molecule has 1 unspecified atom stereocenters. The van der Waals surface area contributed by atoms with E-state index in [1.807, 2.05) is 17.9 Å². The second-order valence-electron chi connectivity index (χ2n) is 4.68. The van der Waals surface area contributed by atoms with Crippen molar-refractivity contribution >= 4 is 11.8 Å². The lowest BCUT2D eigenvalue weighted by atomic mass is 10.2. The molecule has 2 N–H and O–H groups in total. The lowest BCUT2D eigenvalue weighted by molar-refractivity contribution is 0.204. The van der Waals surface area contributed by atoms with Crippen LogP contribution in [0.4, 0.5) is 10.6 Å². The van der Waals surface area contributed by atoms with Crippen molar-refractivity contribution in [2.75, 3.05) is 31.1 Å². The normalized spacial score (nSPS) is 25.0. The van der Waals surface area contributed by atoms with Crippen LogP contribution in [0.2, 0.25) is 0 Å². The maximum absolute atomic E-state index is 12.3. The third kappa shape index (κ3) is 1.78. The van der Waals surface area contributed by atoms with E-state index in [2.05, 4.69) is 15.5 Å². The summed E-state index contributed by atoms with van der Waals surface area (Å²) < 4.78 is 0. The summed E-state index contributed by atoms with van der Waals surface area (Å²) in [6.07, 6.45) is 1.05. The Balaban J connectivity index is 1.75. The van der Waals surface area contributed by atoms with Gasteiger partial charge in [0.25, 0.3) is 0 Å². The van der Waals surface area contributed by atoms with Crippen LogP contribution in [0.3, 0.4) is 0 Å². The molecule has 3 rings (SSSR count). The molecule has 2 aliphatic heterocycles. The molecule has 2 fully saturated rings. The second kappa shape index (κ2) is 4.03. The summed E-state index contributed by atoms with van der Waals surface area (Å²) in [5.41, 5.74) is 0.980. The van der Waals surface area contributed by atoms with E-state index in [9.17, 15) is 4.79 Å². The number of nitrogens with zero attached hydrogens (tertiary/aromatic N) is 3. The van der Waals surface area contributed by atoms with Gasteiger partial charge in [0.05, 0.1) is 0 Å². The van der Waals surface area contributed by atoms with Crippen LogP contribution in [0.25, 0.3) is 0 Å². The van der Waals surface area contributed by atoms with E-state index in [1.54, 1.807) is 4.90 Å². The summed E-state index contributed by atoms with van der Waals surface area (Å²) in [7, 11) is 0. The molecule has 2 amide bonds. The molecule has 0 radical (unpaired) electrons. The van der Waals surface area contributed by atoms with Gasteiger partial charge in [0.1, 0.15) is 0 Å². The zero-order chi connectivity index (χ0) is 11.8. The van der Waals surface area contributed by atoms with Gasteiger partial charge in [-0.25, -0.2) is 4.79 Å². The highest BCUT2D eigenvalue weighted by Crippen LogP contribution is 2.21. The van der Waals surface area contributed by atoms with Gasteiger partial charge >= 0.3 is 6.03 Å². The van der Waals surface area contributed by atoms with Gasteiger partial charge in [-0.3, -0.25) is 10.00 Å². The van der Waals surface area contributed by atoms with Crippen LogP contribution in [0.1, 0.15) is 12.1 Å². The van der Waals surface area contributed by atoms with Crippen LogP contribution in [-0.2, 0) is 0 Å². The molecule has 0 bridgehead atoms. The van der Waals surface area contributed by atoms with E-state index in [4.69, 9.17) is 0 Å². The highest BCUT2D eigenvalue weighted by molar-refractivity contribution is 5.93. The number of amides is 2. The molecule has 17 heavy (non-hydrogen) atoms. The van der Waals surface area contributed by atoms with Crippen LogP contribution < -0.4 is 10.2 Å². The monoisotopic (exact) mass is 235 g/mol. The summed E-state index contributed by atoms with van der Waals surface area (Å²) in [5, 5.41) is 10.3. The first-order valence-electron chi connectivity index (χ1n) is 6.06. The van der Waals surface area contributed by atoms with Crippen molar-refractivity contribution in [3.8, 4) is 0 Å². The third-order valence-electron chi connectivity index (χ3n) is 3.49. The molecule has 0 spiro atoms. The summed E-state index contributed by atoms with van der Waals surface area (Å²) >= 11 is 0. The number of rotatable bonds is 2. The molecule has 0 aromatic carbocycles. The standard InChI is InChI=1S/C11H17N5O/c1-8-6-10(14-13-8)16-5-4-15(11(16)17)9-2-3-12-7-9/h6,9,12H,2-5,7H2,1H3,(H,13,14). The van der Waals surface area contributed by atoms with Gasteiger partial charge in [0.15, 0.2) is 5.82 Å². The number of hydrogen-bond acceptors (Lipinski definition) is 3. The Hall–Kier alpha value is -1.56. The molecule has 6 heteroatoms. The van der Waals surface area contributed by atoms with Crippen LogP contribution in [0, 0.1) is 6.92 Å². The third-order valence-corrected chi connectivity index (χ3v) is 3.49. The molecule has 3 heterocycles. The number of hydrogen-bond donors (Lipinski definition) is 2. The van der Waals surface area contributed by atoms with Gasteiger partial charge in [-0.15, -0.1) is 0 Å². The van der Waals surface area contributed by atoms with E-state index in [-0.39, 0.29) is 6.03 Å². The topological polar surface area (TPSA) is 64.3 Å². The molecule has 0 saturated carbocycles. The van der Waals surface area contributed by atoms with Gasteiger partial charge in [-0.05, 0) is 19.9 Å². The maximum atomic E-state index is 12.3. The quantitative estimate of drug-likeness (QED) is 0.776. The zero-order valence-electron chi connectivity index (χ0n) is 9.94. The number of nitrogens with one attached hydrogen (secondary N) is 2. The van der Waals surface area contributed by atoms with Crippen molar-refractivity contribution in [2.24, 2.45) is 0 Å². The first-order valence-corrected chi connectivity index (χ1v) is 6.06. The number of anilines is 1. The highest BCUT2D eigenvalue weighted by Gasteiger charge is 2.36. The molecule has 6 nitrogen and oxygen atoms in total. The molecule has 2 saturated heterocycles. The van der Waals surface area contributed by atoms with Crippen molar-refractivity contribution in [3.05, 3.63) is 11.8 Å². The van der Waals surface area contributed by atoms with Crippen molar-refractivity contribution in [1.82, 2.24) is 20.4 Å². The fourth-order valence-electron chi connectivity index (χ4n) is 2.55. The zero-order valence-corrected chi connectivity index (χ0v) is 9.94. The van der Waals surface area contributed by atoms with Crippen molar-refractivity contribution in [2.45, 2.75) is 19.4 Å². The largest absolute Gasteiger partial charge is 0.326 e. The van der Waals surface area contributed by atoms with E-state index < -0.39 is 0 Å². The first kappa shape index (κ1) is 10.6. The molecular weight excluding hydrogens is 218 g/mol. The average Bonchev–Trinajstić information content (AvgIpc) is 2.98. The van der Waals surface area contributed by atoms with Crippen LogP contribution in [-0.4, -0.2) is 53.3 Å². The SMILES string of the molecule is Cc1cc(N2CCN(C3CCNC3)C2=O)n[nH]1. The van der Waals surface area contributed by atoms with Crippen molar-refractivity contribution in [1.29, 1.82) is 0 Å². The maximum Gasteiger partial charge on any atom is 0.326 e. The first-order chi connectivity index (χ1) is 8.25. The minimum Gasteiger partial charge on any atom is -0.318 e. The lowest BCUT2D eigenvalue weighted by Crippen LogP contribution is -2.40. The van der Waals surface area contributed by atoms with Crippen LogP contribution in [0.5, 0.6) is 0 Å². The Kier molecular flexibility index (Phi) is 2.51. The Morgan fingerprint density at radius 3 is 3.00 bits per heavy atom. The predicted molar refractivity (Wildman–Crippen MR) is 64.0 cm³/mol. The van der Waals surface area contributed by atoms with Crippen molar-refractivity contribution < 1.29 is 4.79 Å². The smallest absolute Gasteiger partial charge is 0.318 e. The fourth-order valence-corrected chi connectivity index (χ4v) is 2.55. The molecule has 1 atom stereocenters.